The molecule has 3 aromatic rings. The van der Waals surface area contributed by atoms with E-state index in [0.29, 0.717) is 20.5 Å². The van der Waals surface area contributed by atoms with Crippen LogP contribution in [0.25, 0.3) is 10.8 Å². The first kappa shape index (κ1) is 15.9. The molecule has 0 bridgehead atoms. The van der Waals surface area contributed by atoms with E-state index in [1.165, 1.54) is 26.2 Å². The molecule has 24 heavy (non-hydrogen) atoms. The van der Waals surface area contributed by atoms with Gasteiger partial charge in [-0.2, -0.15) is 8.42 Å². The maximum Gasteiger partial charge on any atom is 0.358 e. The largest absolute Gasteiger partial charge is 0.496 e. The number of hydrogen-bond acceptors (Lipinski definition) is 6. The van der Waals surface area contributed by atoms with Crippen LogP contribution in [0.5, 0.6) is 5.75 Å². The number of ether oxygens (including phenoxy) is 1. The second kappa shape index (κ2) is 5.60. The normalized spacial score (nSPS) is 11.6. The van der Waals surface area contributed by atoms with Gasteiger partial charge in [-0.1, -0.05) is 28.2 Å². The molecular formula is C15H13N3O5S. The van der Waals surface area contributed by atoms with Gasteiger partial charge < -0.3 is 14.9 Å². The number of fused-ring (bicyclic) bond motifs is 1. The van der Waals surface area contributed by atoms with E-state index >= 15 is 0 Å². The van der Waals surface area contributed by atoms with Gasteiger partial charge in [0.25, 0.3) is 0 Å². The fourth-order valence-corrected chi connectivity index (χ4v) is 4.23. The molecule has 0 amide bonds. The monoisotopic (exact) mass is 347 g/mol. The van der Waals surface area contributed by atoms with Gasteiger partial charge in [0.05, 0.1) is 7.11 Å². The van der Waals surface area contributed by atoms with E-state index in [1.807, 2.05) is 0 Å². The molecule has 0 atom stereocenters. The van der Waals surface area contributed by atoms with Crippen molar-refractivity contribution in [2.45, 2.75) is 11.8 Å². The van der Waals surface area contributed by atoms with Crippen molar-refractivity contribution in [3.8, 4) is 5.75 Å². The fourth-order valence-electron chi connectivity index (χ4n) is 2.59. The summed E-state index contributed by atoms with van der Waals surface area (Å²) in [5, 5.41) is 12.2. The summed E-state index contributed by atoms with van der Waals surface area (Å²) in [6.07, 6.45) is 0.929. The molecule has 0 fully saturated rings. The van der Waals surface area contributed by atoms with Crippen molar-refractivity contribution in [2.24, 2.45) is 0 Å². The Morgan fingerprint density at radius 3 is 2.46 bits per heavy atom. The molecule has 0 N–H and O–H groups in total. The highest BCUT2D eigenvalue weighted by molar-refractivity contribution is 7.90. The molecule has 0 saturated carbocycles. The first-order valence-corrected chi connectivity index (χ1v) is 8.32. The zero-order valence-electron chi connectivity index (χ0n) is 12.8. The van der Waals surface area contributed by atoms with Crippen LogP contribution in [0.1, 0.15) is 5.82 Å². The van der Waals surface area contributed by atoms with Crippen LogP contribution in [0.3, 0.4) is 0 Å². The zero-order valence-corrected chi connectivity index (χ0v) is 13.6. The van der Waals surface area contributed by atoms with Gasteiger partial charge >= 0.3 is 15.8 Å². The van der Waals surface area contributed by atoms with Gasteiger partial charge in [-0.05, 0) is 17.1 Å². The molecule has 124 valence electrons. The van der Waals surface area contributed by atoms with Crippen LogP contribution in [0.2, 0.25) is 0 Å². The average Bonchev–Trinajstić information content (AvgIpc) is 2.96. The van der Waals surface area contributed by atoms with Gasteiger partial charge in [-0.3, -0.25) is 0 Å². The number of benzene rings is 2. The Kier molecular flexibility index (Phi) is 3.72. The van der Waals surface area contributed by atoms with Crippen molar-refractivity contribution < 1.29 is 18.1 Å². The molecule has 8 nitrogen and oxygen atoms in total. The Balaban J connectivity index is 2.36. The number of aromatic nitrogens is 2. The SMILES string of the molecule is COc1ccc(S(=O)(=O)n2c([N+](=O)[O-])cnc2C)c2ccccc12. The van der Waals surface area contributed by atoms with Crippen LogP contribution in [-0.2, 0) is 10.0 Å². The molecule has 1 heterocycles. The third-order valence-electron chi connectivity index (χ3n) is 3.64. The number of hydrogen-bond donors (Lipinski definition) is 0. The smallest absolute Gasteiger partial charge is 0.358 e. The Bertz CT molecular complexity index is 1060. The van der Waals surface area contributed by atoms with E-state index < -0.39 is 20.8 Å². The Hall–Kier alpha value is -2.94. The van der Waals surface area contributed by atoms with Crippen molar-refractivity contribution in [3.63, 3.8) is 0 Å². The molecule has 2 aromatic carbocycles. The first-order chi connectivity index (χ1) is 11.4. The number of nitrogens with zero attached hydrogens (tertiary/aromatic N) is 3. The minimum atomic E-state index is -4.20. The molecule has 1 aromatic heterocycles. The van der Waals surface area contributed by atoms with E-state index in [-0.39, 0.29) is 10.7 Å². The molecule has 0 spiro atoms. The second-order valence-corrected chi connectivity index (χ2v) is 6.76. The molecule has 9 heteroatoms. The Morgan fingerprint density at radius 1 is 1.17 bits per heavy atom. The summed E-state index contributed by atoms with van der Waals surface area (Å²) in [6.45, 7) is 1.40. The summed E-state index contributed by atoms with van der Waals surface area (Å²) in [7, 11) is -2.71. The van der Waals surface area contributed by atoms with Gasteiger partial charge in [-0.15, -0.1) is 0 Å². The van der Waals surface area contributed by atoms with Crippen LogP contribution in [-0.4, -0.2) is 29.4 Å². The quantitative estimate of drug-likeness (QED) is 0.530. The number of methoxy groups -OCH3 is 1. The lowest BCUT2D eigenvalue weighted by molar-refractivity contribution is -0.390. The Labute approximate surface area is 137 Å². The van der Waals surface area contributed by atoms with Crippen LogP contribution in [0.4, 0.5) is 5.82 Å². The molecule has 3 rings (SSSR count). The molecule has 0 unspecified atom stereocenters. The second-order valence-electron chi connectivity index (χ2n) is 5.00. The van der Waals surface area contributed by atoms with E-state index in [2.05, 4.69) is 4.98 Å². The zero-order chi connectivity index (χ0) is 17.5. The van der Waals surface area contributed by atoms with Crippen LogP contribution in [0.15, 0.2) is 47.5 Å². The summed E-state index contributed by atoms with van der Waals surface area (Å²) in [4.78, 5) is 14.1. The van der Waals surface area contributed by atoms with Crippen LogP contribution < -0.4 is 4.74 Å². The van der Waals surface area contributed by atoms with Gasteiger partial charge in [0.2, 0.25) is 5.82 Å². The third-order valence-corrected chi connectivity index (χ3v) is 5.48. The number of rotatable bonds is 4. The van der Waals surface area contributed by atoms with Crippen molar-refractivity contribution in [1.29, 1.82) is 0 Å². The lowest BCUT2D eigenvalue weighted by Crippen LogP contribution is -2.17. The minimum Gasteiger partial charge on any atom is -0.496 e. The van der Waals surface area contributed by atoms with Crippen molar-refractivity contribution >= 4 is 26.6 Å². The predicted molar refractivity (Wildman–Crippen MR) is 86.7 cm³/mol. The lowest BCUT2D eigenvalue weighted by atomic mass is 10.1. The molecule has 0 aliphatic rings. The molecular weight excluding hydrogens is 334 g/mol. The maximum atomic E-state index is 13.0. The highest BCUT2D eigenvalue weighted by Crippen LogP contribution is 2.33. The minimum absolute atomic E-state index is 0.0154. The third kappa shape index (κ3) is 2.29. The highest BCUT2D eigenvalue weighted by atomic mass is 32.2. The molecule has 0 saturated heterocycles. The van der Waals surface area contributed by atoms with E-state index in [9.17, 15) is 18.5 Å². The Morgan fingerprint density at radius 2 is 1.83 bits per heavy atom. The lowest BCUT2D eigenvalue weighted by Gasteiger charge is -2.10. The van der Waals surface area contributed by atoms with Crippen molar-refractivity contribution in [3.05, 3.63) is 58.5 Å². The van der Waals surface area contributed by atoms with Crippen LogP contribution in [0, 0.1) is 17.0 Å². The summed E-state index contributed by atoms with van der Waals surface area (Å²) in [6, 6.07) is 9.69. The maximum absolute atomic E-state index is 13.0. The average molecular weight is 347 g/mol. The van der Waals surface area contributed by atoms with Crippen LogP contribution >= 0.6 is 0 Å². The van der Waals surface area contributed by atoms with Gasteiger partial charge in [0, 0.05) is 17.7 Å². The van der Waals surface area contributed by atoms with Crippen molar-refractivity contribution in [1.82, 2.24) is 8.96 Å². The van der Waals surface area contributed by atoms with E-state index in [1.54, 1.807) is 24.3 Å². The van der Waals surface area contributed by atoms with E-state index in [0.717, 1.165) is 6.20 Å². The summed E-state index contributed by atoms with van der Waals surface area (Å²) < 4.78 is 32.0. The molecule has 0 radical (unpaired) electrons. The van der Waals surface area contributed by atoms with E-state index in [4.69, 9.17) is 4.74 Å². The van der Waals surface area contributed by atoms with Crippen molar-refractivity contribution in [2.75, 3.05) is 7.11 Å². The van der Waals surface area contributed by atoms with Gasteiger partial charge in [0.1, 0.15) is 16.8 Å². The summed E-state index contributed by atoms with van der Waals surface area (Å²) in [5.41, 5.74) is 0. The molecule has 0 aliphatic heterocycles. The number of aryl methyl sites for hydroxylation is 1. The number of imidazole rings is 1. The summed E-state index contributed by atoms with van der Waals surface area (Å²) in [5.74, 6) is -0.0737. The highest BCUT2D eigenvalue weighted by Gasteiger charge is 2.33. The van der Waals surface area contributed by atoms with Gasteiger partial charge in [0.15, 0.2) is 0 Å². The topological polar surface area (TPSA) is 104 Å². The number of nitro groups is 1. The fraction of sp³-hybridized carbons (Fsp3) is 0.133. The summed E-state index contributed by atoms with van der Waals surface area (Å²) >= 11 is 0. The molecule has 0 aliphatic carbocycles. The van der Waals surface area contributed by atoms with Gasteiger partial charge in [-0.25, -0.2) is 4.98 Å². The first-order valence-electron chi connectivity index (χ1n) is 6.88. The standard InChI is InChI=1S/C15H13N3O5S/c1-10-16-9-15(18(19)20)17(10)24(21,22)14-8-7-13(23-2)11-5-3-4-6-12(11)14/h3-9H,1-2H3. The predicted octanol–water partition coefficient (Wildman–Crippen LogP) is 2.50.